The Kier molecular flexibility index (Phi) is 6.09. The number of aliphatic hydroxyl groups excluding tert-OH is 1. The van der Waals surface area contributed by atoms with E-state index >= 15 is 0 Å². The molecule has 0 aliphatic rings. The molecule has 1 N–H and O–H groups in total. The van der Waals surface area contributed by atoms with Crippen molar-refractivity contribution in [3.63, 3.8) is 0 Å². The van der Waals surface area contributed by atoms with E-state index < -0.39 is 6.10 Å². The predicted molar refractivity (Wildman–Crippen MR) is 126 cm³/mol. The van der Waals surface area contributed by atoms with Gasteiger partial charge in [-0.05, 0) is 43.5 Å². The van der Waals surface area contributed by atoms with Crippen LogP contribution in [0.5, 0.6) is 11.6 Å². The fourth-order valence-electron chi connectivity index (χ4n) is 4.00. The van der Waals surface area contributed by atoms with E-state index in [-0.39, 0.29) is 0 Å². The van der Waals surface area contributed by atoms with Crippen molar-refractivity contribution in [3.05, 3.63) is 81.1 Å². The first-order valence-electron chi connectivity index (χ1n) is 10.3. The first kappa shape index (κ1) is 22.1. The summed E-state index contributed by atoms with van der Waals surface area (Å²) in [5, 5.41) is 16.7. The summed E-state index contributed by atoms with van der Waals surface area (Å²) >= 11 is 6.81. The number of benzene rings is 2. The number of nitrogens with zero attached hydrogens (tertiary/aromatic N) is 3. The van der Waals surface area contributed by atoms with Gasteiger partial charge in [-0.15, -0.1) is 0 Å². The maximum atomic E-state index is 11.2. The van der Waals surface area contributed by atoms with Crippen molar-refractivity contribution in [2.45, 2.75) is 33.5 Å². The molecule has 4 rings (SSSR count). The van der Waals surface area contributed by atoms with Gasteiger partial charge in [-0.3, -0.25) is 4.68 Å². The van der Waals surface area contributed by atoms with Gasteiger partial charge in [0.05, 0.1) is 23.3 Å². The average molecular weight is 452 g/mol. The summed E-state index contributed by atoms with van der Waals surface area (Å²) in [4.78, 5) is 4.65. The number of pyridine rings is 1. The van der Waals surface area contributed by atoms with Gasteiger partial charge in [-0.2, -0.15) is 5.10 Å². The summed E-state index contributed by atoms with van der Waals surface area (Å²) in [6.07, 6.45) is -0.835. The molecule has 0 radical (unpaired) electrons. The van der Waals surface area contributed by atoms with Crippen molar-refractivity contribution in [2.75, 3.05) is 7.11 Å². The molecule has 0 spiro atoms. The lowest BCUT2D eigenvalue weighted by molar-refractivity contribution is 0.218. The number of ether oxygens (including phenoxy) is 2. The normalized spacial score (nSPS) is 12.2. The van der Waals surface area contributed by atoms with Crippen LogP contribution in [0, 0.1) is 20.8 Å². The molecule has 0 aliphatic heterocycles. The van der Waals surface area contributed by atoms with Crippen LogP contribution in [0.15, 0.2) is 42.5 Å². The maximum Gasteiger partial charge on any atom is 0.258 e. The Bertz CT molecular complexity index is 1290. The van der Waals surface area contributed by atoms with Crippen LogP contribution in [0.25, 0.3) is 10.9 Å². The van der Waals surface area contributed by atoms with Crippen LogP contribution >= 0.6 is 11.6 Å². The number of aliphatic hydroxyl groups is 1. The highest BCUT2D eigenvalue weighted by atomic mass is 35.5. The molecule has 0 fully saturated rings. The molecule has 0 bridgehead atoms. The molecule has 2 heterocycles. The smallest absolute Gasteiger partial charge is 0.258 e. The Morgan fingerprint density at radius 2 is 1.84 bits per heavy atom. The number of rotatable bonds is 6. The summed E-state index contributed by atoms with van der Waals surface area (Å²) in [7, 11) is 3.41. The van der Waals surface area contributed by atoms with Gasteiger partial charge >= 0.3 is 0 Å². The Morgan fingerprint density at radius 1 is 1.12 bits per heavy atom. The molecule has 2 aromatic heterocycles. The van der Waals surface area contributed by atoms with Gasteiger partial charge in [0.1, 0.15) is 12.7 Å². The Hall–Kier alpha value is -3.09. The topological polar surface area (TPSA) is 69.4 Å². The van der Waals surface area contributed by atoms with Crippen molar-refractivity contribution in [2.24, 2.45) is 7.05 Å². The van der Waals surface area contributed by atoms with Crippen LogP contribution in [-0.4, -0.2) is 27.0 Å². The third-order valence-electron chi connectivity index (χ3n) is 5.74. The molecule has 0 aliphatic carbocycles. The highest BCUT2D eigenvalue weighted by molar-refractivity contribution is 6.37. The molecule has 166 valence electrons. The molecular formula is C25H26ClN3O3. The fraction of sp³-hybridized carbons (Fsp3) is 0.280. The van der Waals surface area contributed by atoms with Crippen LogP contribution in [0.2, 0.25) is 5.02 Å². The summed E-state index contributed by atoms with van der Waals surface area (Å²) in [5.41, 5.74) is 5.81. The zero-order valence-corrected chi connectivity index (χ0v) is 19.6. The third-order valence-corrected chi connectivity index (χ3v) is 6.11. The lowest BCUT2D eigenvalue weighted by Gasteiger charge is -2.17. The van der Waals surface area contributed by atoms with Gasteiger partial charge in [0.15, 0.2) is 0 Å². The number of methoxy groups -OCH3 is 1. The predicted octanol–water partition coefficient (Wildman–Crippen LogP) is 5.22. The highest BCUT2D eigenvalue weighted by Crippen LogP contribution is 2.42. The molecule has 32 heavy (non-hydrogen) atoms. The second-order valence-corrected chi connectivity index (χ2v) is 8.26. The molecule has 0 amide bonds. The Labute approximate surface area is 192 Å². The Balaban J connectivity index is 1.80. The quantitative estimate of drug-likeness (QED) is 0.435. The molecule has 2 aromatic carbocycles. The third kappa shape index (κ3) is 3.92. The average Bonchev–Trinajstić information content (AvgIpc) is 3.04. The minimum Gasteiger partial charge on any atom is -0.482 e. The molecule has 0 saturated carbocycles. The summed E-state index contributed by atoms with van der Waals surface area (Å²) in [6.45, 7) is 6.12. The number of hydrogen-bond donors (Lipinski definition) is 1. The maximum absolute atomic E-state index is 11.2. The first-order valence-corrected chi connectivity index (χ1v) is 10.7. The molecule has 0 saturated heterocycles. The van der Waals surface area contributed by atoms with E-state index in [1.807, 2.05) is 70.3 Å². The molecule has 1 unspecified atom stereocenters. The Morgan fingerprint density at radius 3 is 2.47 bits per heavy atom. The van der Waals surface area contributed by atoms with Gasteiger partial charge in [-0.25, -0.2) is 4.98 Å². The summed E-state index contributed by atoms with van der Waals surface area (Å²) in [5.74, 6) is 0.707. The number of hydrogen-bond acceptors (Lipinski definition) is 5. The van der Waals surface area contributed by atoms with E-state index in [0.717, 1.165) is 33.6 Å². The van der Waals surface area contributed by atoms with E-state index in [4.69, 9.17) is 21.1 Å². The van der Waals surface area contributed by atoms with Crippen LogP contribution in [0.1, 0.15) is 39.7 Å². The SMILES string of the molecule is COc1nc2c(C)cc(C(O)c3c(C)nn(C)c3C)cc2c(Cl)c1OCc1ccccc1. The standard InChI is InChI=1S/C25H26ClN3O3/c1-14-11-18(23(30)20-15(2)28-29(4)16(20)3)12-19-21(26)24(25(31-5)27-22(14)19)32-13-17-9-7-6-8-10-17/h6-12,23,30H,13H2,1-5H3. The zero-order valence-electron chi connectivity index (χ0n) is 18.8. The second kappa shape index (κ2) is 8.81. The monoisotopic (exact) mass is 451 g/mol. The van der Waals surface area contributed by atoms with E-state index in [1.54, 1.807) is 11.8 Å². The first-order chi connectivity index (χ1) is 15.3. The summed E-state index contributed by atoms with van der Waals surface area (Å²) < 4.78 is 13.3. The fourth-order valence-corrected chi connectivity index (χ4v) is 4.27. The van der Waals surface area contributed by atoms with Gasteiger partial charge in [0.25, 0.3) is 5.88 Å². The van der Waals surface area contributed by atoms with Gasteiger partial charge in [0, 0.05) is 23.7 Å². The van der Waals surface area contributed by atoms with E-state index in [9.17, 15) is 5.11 Å². The van der Waals surface area contributed by atoms with E-state index in [2.05, 4.69) is 10.1 Å². The molecular weight excluding hydrogens is 426 g/mol. The molecule has 7 heteroatoms. The highest BCUT2D eigenvalue weighted by Gasteiger charge is 2.23. The van der Waals surface area contributed by atoms with Crippen molar-refractivity contribution >= 4 is 22.5 Å². The van der Waals surface area contributed by atoms with Crippen molar-refractivity contribution in [1.82, 2.24) is 14.8 Å². The number of aromatic nitrogens is 3. The van der Waals surface area contributed by atoms with Crippen molar-refractivity contribution in [1.29, 1.82) is 0 Å². The number of aryl methyl sites for hydroxylation is 3. The molecule has 1 atom stereocenters. The van der Waals surface area contributed by atoms with Crippen LogP contribution < -0.4 is 9.47 Å². The second-order valence-electron chi connectivity index (χ2n) is 7.88. The van der Waals surface area contributed by atoms with Gasteiger partial charge in [-0.1, -0.05) is 48.0 Å². The van der Waals surface area contributed by atoms with Gasteiger partial charge < -0.3 is 14.6 Å². The largest absolute Gasteiger partial charge is 0.482 e. The van der Waals surface area contributed by atoms with E-state index in [0.29, 0.717) is 34.2 Å². The van der Waals surface area contributed by atoms with Crippen LogP contribution in [-0.2, 0) is 13.7 Å². The minimum absolute atomic E-state index is 0.328. The van der Waals surface area contributed by atoms with Crippen LogP contribution in [0.4, 0.5) is 0 Å². The van der Waals surface area contributed by atoms with Crippen molar-refractivity contribution < 1.29 is 14.6 Å². The lowest BCUT2D eigenvalue weighted by Crippen LogP contribution is -2.05. The van der Waals surface area contributed by atoms with Crippen molar-refractivity contribution in [3.8, 4) is 11.6 Å². The summed E-state index contributed by atoms with van der Waals surface area (Å²) in [6, 6.07) is 13.6. The van der Waals surface area contributed by atoms with Gasteiger partial charge in [0.2, 0.25) is 5.75 Å². The molecule has 6 nitrogen and oxygen atoms in total. The number of fused-ring (bicyclic) bond motifs is 1. The molecule has 4 aromatic rings. The lowest BCUT2D eigenvalue weighted by atomic mass is 9.96. The van der Waals surface area contributed by atoms with Crippen LogP contribution in [0.3, 0.4) is 0 Å². The number of halogens is 1. The van der Waals surface area contributed by atoms with E-state index in [1.165, 1.54) is 0 Å². The zero-order chi connectivity index (χ0) is 23.0. The minimum atomic E-state index is -0.835.